The Labute approximate surface area is 179 Å². The van der Waals surface area contributed by atoms with E-state index >= 15 is 0 Å². The van der Waals surface area contributed by atoms with Crippen LogP contribution in [-0.2, 0) is 4.79 Å². The van der Waals surface area contributed by atoms with Crippen molar-refractivity contribution in [2.75, 3.05) is 0 Å². The minimum absolute atomic E-state index is 0.385. The number of fused-ring (bicyclic) bond motifs is 5. The Balaban J connectivity index is 1.55. The standard InChI is InChI=1S/C28H44O/c1-18(2)19(3)7-8-20(4)24-11-12-25-23-10-9-21-17-22(29)13-15-27(21,5)26(23)14-16-28(24,25)6/h7-8,10,18-21,24-26H,9,11-17H2,1-6H3/b8-7+/t19-,20+,21?,24?,25?,26?,27+,28?/m0/s1. The lowest BCUT2D eigenvalue weighted by molar-refractivity contribution is -0.127. The Morgan fingerprint density at radius 1 is 0.966 bits per heavy atom. The van der Waals surface area contributed by atoms with Gasteiger partial charge in [-0.05, 0) is 90.8 Å². The summed E-state index contributed by atoms with van der Waals surface area (Å²) in [5, 5.41) is 0. The Bertz CT molecular complexity index is 699. The summed E-state index contributed by atoms with van der Waals surface area (Å²) in [5.41, 5.74) is 2.68. The van der Waals surface area contributed by atoms with E-state index in [0.29, 0.717) is 34.4 Å². The average Bonchev–Trinajstić information content (AvgIpc) is 3.03. The number of rotatable bonds is 4. The summed E-state index contributed by atoms with van der Waals surface area (Å²) in [6.45, 7) is 14.7. The number of hydrogen-bond donors (Lipinski definition) is 0. The molecule has 0 aromatic carbocycles. The Morgan fingerprint density at radius 3 is 2.41 bits per heavy atom. The molecular formula is C28H44O. The minimum Gasteiger partial charge on any atom is -0.300 e. The van der Waals surface area contributed by atoms with E-state index in [0.717, 1.165) is 49.4 Å². The first-order valence-electron chi connectivity index (χ1n) is 12.6. The minimum atomic E-state index is 0.385. The summed E-state index contributed by atoms with van der Waals surface area (Å²) in [7, 11) is 0. The molecule has 4 rings (SSSR count). The van der Waals surface area contributed by atoms with Crippen LogP contribution in [-0.4, -0.2) is 5.78 Å². The lowest BCUT2D eigenvalue weighted by atomic mass is 9.48. The van der Waals surface area contributed by atoms with E-state index < -0.39 is 0 Å². The molecule has 0 aromatic rings. The quantitative estimate of drug-likeness (QED) is 0.447. The SMILES string of the molecule is CC(C)[C@@H](C)/C=C/[C@@H](C)C1CCC2C3=CCC4CC(=O)CC[C@@]4(C)C3CCC21C. The van der Waals surface area contributed by atoms with Crippen LogP contribution in [0.5, 0.6) is 0 Å². The third-order valence-corrected chi connectivity index (χ3v) is 10.4. The lowest BCUT2D eigenvalue weighted by Crippen LogP contribution is -2.49. The van der Waals surface area contributed by atoms with Crippen molar-refractivity contribution in [3.05, 3.63) is 23.8 Å². The van der Waals surface area contributed by atoms with Crippen LogP contribution in [0.3, 0.4) is 0 Å². The van der Waals surface area contributed by atoms with Gasteiger partial charge in [0.15, 0.2) is 0 Å². The van der Waals surface area contributed by atoms with Crippen molar-refractivity contribution in [2.24, 2.45) is 52.3 Å². The van der Waals surface area contributed by atoms with Crippen molar-refractivity contribution in [3.63, 3.8) is 0 Å². The molecule has 0 bridgehead atoms. The van der Waals surface area contributed by atoms with Crippen LogP contribution >= 0.6 is 0 Å². The molecule has 3 saturated carbocycles. The van der Waals surface area contributed by atoms with Gasteiger partial charge in [0, 0.05) is 12.8 Å². The van der Waals surface area contributed by atoms with Crippen LogP contribution < -0.4 is 0 Å². The maximum atomic E-state index is 12.1. The molecule has 0 aliphatic heterocycles. The van der Waals surface area contributed by atoms with Crippen molar-refractivity contribution in [1.82, 2.24) is 0 Å². The molecule has 4 aliphatic rings. The number of hydrogen-bond acceptors (Lipinski definition) is 1. The Morgan fingerprint density at radius 2 is 1.69 bits per heavy atom. The first-order valence-corrected chi connectivity index (χ1v) is 12.6. The van der Waals surface area contributed by atoms with E-state index in [4.69, 9.17) is 0 Å². The molecule has 3 fully saturated rings. The monoisotopic (exact) mass is 396 g/mol. The van der Waals surface area contributed by atoms with Gasteiger partial charge in [0.1, 0.15) is 5.78 Å². The van der Waals surface area contributed by atoms with E-state index in [1.165, 1.54) is 25.7 Å². The molecule has 1 heteroatoms. The maximum Gasteiger partial charge on any atom is 0.133 e. The van der Waals surface area contributed by atoms with Crippen LogP contribution in [0.2, 0.25) is 0 Å². The predicted molar refractivity (Wildman–Crippen MR) is 123 cm³/mol. The summed E-state index contributed by atoms with van der Waals surface area (Å²) in [5.74, 6) is 5.57. The molecule has 5 unspecified atom stereocenters. The van der Waals surface area contributed by atoms with Crippen molar-refractivity contribution < 1.29 is 4.79 Å². The first kappa shape index (κ1) is 21.4. The average molecular weight is 397 g/mol. The predicted octanol–water partition coefficient (Wildman–Crippen LogP) is 7.62. The van der Waals surface area contributed by atoms with Crippen LogP contribution in [0.4, 0.5) is 0 Å². The van der Waals surface area contributed by atoms with Gasteiger partial charge in [0.05, 0.1) is 0 Å². The molecule has 4 aliphatic carbocycles. The summed E-state index contributed by atoms with van der Waals surface area (Å²) in [6.07, 6.45) is 17.2. The van der Waals surface area contributed by atoms with Crippen LogP contribution in [0, 0.1) is 52.3 Å². The van der Waals surface area contributed by atoms with Gasteiger partial charge >= 0.3 is 0 Å². The third-order valence-electron chi connectivity index (χ3n) is 10.4. The van der Waals surface area contributed by atoms with Gasteiger partial charge in [-0.2, -0.15) is 0 Å². The van der Waals surface area contributed by atoms with E-state index in [1.807, 2.05) is 5.57 Å². The van der Waals surface area contributed by atoms with Gasteiger partial charge < -0.3 is 0 Å². The molecule has 0 radical (unpaired) electrons. The molecule has 0 spiro atoms. The molecular weight excluding hydrogens is 352 g/mol. The molecule has 0 saturated heterocycles. The first-order chi connectivity index (χ1) is 13.7. The number of carbonyl (C=O) groups excluding carboxylic acids is 1. The highest BCUT2D eigenvalue weighted by molar-refractivity contribution is 5.79. The van der Waals surface area contributed by atoms with Gasteiger partial charge in [-0.3, -0.25) is 4.79 Å². The molecule has 0 N–H and O–H groups in total. The van der Waals surface area contributed by atoms with E-state index in [2.05, 4.69) is 59.8 Å². The zero-order chi connectivity index (χ0) is 21.0. The molecule has 8 atom stereocenters. The van der Waals surface area contributed by atoms with E-state index in [9.17, 15) is 4.79 Å². The van der Waals surface area contributed by atoms with Gasteiger partial charge in [0.25, 0.3) is 0 Å². The van der Waals surface area contributed by atoms with Crippen molar-refractivity contribution in [3.8, 4) is 0 Å². The second-order valence-corrected chi connectivity index (χ2v) is 12.1. The fourth-order valence-electron chi connectivity index (χ4n) is 7.91. The van der Waals surface area contributed by atoms with E-state index in [-0.39, 0.29) is 0 Å². The summed E-state index contributed by atoms with van der Waals surface area (Å²) < 4.78 is 0. The third kappa shape index (κ3) is 3.49. The molecule has 162 valence electrons. The van der Waals surface area contributed by atoms with Gasteiger partial charge in [0.2, 0.25) is 0 Å². The number of Topliss-reactive ketones (excluding diaryl/α,β-unsaturated/α-hetero) is 1. The fraction of sp³-hybridized carbons (Fsp3) is 0.821. The molecule has 0 heterocycles. The lowest BCUT2D eigenvalue weighted by Gasteiger charge is -2.57. The fourth-order valence-corrected chi connectivity index (χ4v) is 7.91. The van der Waals surface area contributed by atoms with Crippen LogP contribution in [0.25, 0.3) is 0 Å². The summed E-state index contributed by atoms with van der Waals surface area (Å²) in [6, 6.07) is 0. The highest BCUT2D eigenvalue weighted by atomic mass is 16.1. The Kier molecular flexibility index (Phi) is 5.67. The van der Waals surface area contributed by atoms with Crippen LogP contribution in [0.15, 0.2) is 23.8 Å². The maximum absolute atomic E-state index is 12.1. The highest BCUT2D eigenvalue weighted by Crippen LogP contribution is 2.66. The molecule has 1 nitrogen and oxygen atoms in total. The largest absolute Gasteiger partial charge is 0.300 e. The second-order valence-electron chi connectivity index (χ2n) is 12.1. The van der Waals surface area contributed by atoms with Crippen molar-refractivity contribution >= 4 is 5.78 Å². The second kappa shape index (κ2) is 7.69. The van der Waals surface area contributed by atoms with Crippen molar-refractivity contribution in [1.29, 1.82) is 0 Å². The number of ketones is 1. The highest BCUT2D eigenvalue weighted by Gasteiger charge is 2.57. The topological polar surface area (TPSA) is 17.1 Å². The number of carbonyl (C=O) groups is 1. The molecule has 29 heavy (non-hydrogen) atoms. The zero-order valence-electron chi connectivity index (χ0n) is 19.8. The zero-order valence-corrected chi connectivity index (χ0v) is 19.8. The van der Waals surface area contributed by atoms with Crippen molar-refractivity contribution in [2.45, 2.75) is 92.9 Å². The summed E-state index contributed by atoms with van der Waals surface area (Å²) in [4.78, 5) is 12.1. The Hall–Kier alpha value is -0.850. The van der Waals surface area contributed by atoms with E-state index in [1.54, 1.807) is 0 Å². The number of allylic oxidation sites excluding steroid dienone is 4. The normalized spacial score (nSPS) is 44.2. The van der Waals surface area contributed by atoms with Gasteiger partial charge in [-0.25, -0.2) is 0 Å². The summed E-state index contributed by atoms with van der Waals surface area (Å²) >= 11 is 0. The van der Waals surface area contributed by atoms with Gasteiger partial charge in [-0.1, -0.05) is 65.3 Å². The smallest absolute Gasteiger partial charge is 0.133 e. The van der Waals surface area contributed by atoms with Gasteiger partial charge in [-0.15, -0.1) is 0 Å². The molecule has 0 aromatic heterocycles. The molecule has 0 amide bonds. The van der Waals surface area contributed by atoms with Crippen LogP contribution in [0.1, 0.15) is 92.9 Å².